The minimum absolute atomic E-state index is 0.0209. The molecule has 106 valence electrons. The number of anilines is 1. The van der Waals surface area contributed by atoms with Gasteiger partial charge in [0.25, 0.3) is 5.69 Å². The number of hydrogen-bond acceptors (Lipinski definition) is 4. The van der Waals surface area contributed by atoms with E-state index in [9.17, 15) is 15.2 Å². The van der Waals surface area contributed by atoms with Crippen molar-refractivity contribution in [1.29, 1.82) is 0 Å². The Morgan fingerprint density at radius 3 is 2.63 bits per heavy atom. The molecule has 2 unspecified atom stereocenters. The second-order valence-electron chi connectivity index (χ2n) is 4.95. The molecule has 1 rings (SSSR count). The topological polar surface area (TPSA) is 75.4 Å². The number of halogens is 1. The standard InChI is InChI=1S/C13H19ClN2O3/c1-8(4-10(3)17)7-15-12-5-9(2)13(16(18)19)6-11(12)14/h5-6,8,10,15,17H,4,7H2,1-3H3. The van der Waals surface area contributed by atoms with Crippen LogP contribution >= 0.6 is 11.6 Å². The van der Waals surface area contributed by atoms with Crippen LogP contribution in [-0.4, -0.2) is 22.7 Å². The third-order valence-corrected chi connectivity index (χ3v) is 3.18. The SMILES string of the molecule is Cc1cc(NCC(C)CC(C)O)c(Cl)cc1[N+](=O)[O-]. The molecule has 0 aliphatic heterocycles. The summed E-state index contributed by atoms with van der Waals surface area (Å²) in [5, 5.41) is 23.6. The fourth-order valence-corrected chi connectivity index (χ4v) is 2.18. The molecule has 2 atom stereocenters. The first kappa shape index (κ1) is 15.7. The van der Waals surface area contributed by atoms with Gasteiger partial charge in [0.05, 0.1) is 21.7 Å². The summed E-state index contributed by atoms with van der Waals surface area (Å²) >= 11 is 6.02. The van der Waals surface area contributed by atoms with Gasteiger partial charge in [0.1, 0.15) is 0 Å². The van der Waals surface area contributed by atoms with Gasteiger partial charge in [0.2, 0.25) is 0 Å². The van der Waals surface area contributed by atoms with Crippen molar-refractivity contribution >= 4 is 23.0 Å². The van der Waals surface area contributed by atoms with E-state index >= 15 is 0 Å². The summed E-state index contributed by atoms with van der Waals surface area (Å²) in [6.07, 6.45) is 0.349. The second kappa shape index (κ2) is 6.73. The first-order valence-corrected chi connectivity index (χ1v) is 6.55. The maximum absolute atomic E-state index is 10.8. The summed E-state index contributed by atoms with van der Waals surface area (Å²) < 4.78 is 0. The van der Waals surface area contributed by atoms with Crippen LogP contribution in [0, 0.1) is 23.0 Å². The van der Waals surface area contributed by atoms with Crippen molar-refractivity contribution in [1.82, 2.24) is 0 Å². The summed E-state index contributed by atoms with van der Waals surface area (Å²) in [7, 11) is 0. The summed E-state index contributed by atoms with van der Waals surface area (Å²) in [6.45, 7) is 6.10. The van der Waals surface area contributed by atoms with Crippen molar-refractivity contribution in [3.05, 3.63) is 32.8 Å². The third-order valence-electron chi connectivity index (χ3n) is 2.87. The van der Waals surface area contributed by atoms with Gasteiger partial charge in [-0.25, -0.2) is 0 Å². The van der Waals surface area contributed by atoms with Crippen LogP contribution in [0.2, 0.25) is 5.02 Å². The van der Waals surface area contributed by atoms with E-state index < -0.39 is 4.92 Å². The summed E-state index contributed by atoms with van der Waals surface area (Å²) in [5.74, 6) is 0.284. The molecule has 0 aliphatic rings. The Kier molecular flexibility index (Phi) is 5.57. The average molecular weight is 287 g/mol. The molecule has 19 heavy (non-hydrogen) atoms. The monoisotopic (exact) mass is 286 g/mol. The molecule has 1 aromatic carbocycles. The fourth-order valence-electron chi connectivity index (χ4n) is 1.95. The predicted molar refractivity (Wildman–Crippen MR) is 76.8 cm³/mol. The maximum atomic E-state index is 10.8. The van der Waals surface area contributed by atoms with Gasteiger partial charge in [-0.05, 0) is 32.3 Å². The molecule has 0 amide bonds. The molecular weight excluding hydrogens is 268 g/mol. The summed E-state index contributed by atoms with van der Waals surface area (Å²) in [5.41, 5.74) is 1.27. The van der Waals surface area contributed by atoms with Crippen molar-refractivity contribution in [3.63, 3.8) is 0 Å². The van der Waals surface area contributed by atoms with Gasteiger partial charge < -0.3 is 10.4 Å². The molecule has 0 aromatic heterocycles. The van der Waals surface area contributed by atoms with E-state index in [1.807, 2.05) is 6.92 Å². The Morgan fingerprint density at radius 1 is 1.47 bits per heavy atom. The number of nitrogens with zero attached hydrogens (tertiary/aromatic N) is 1. The van der Waals surface area contributed by atoms with Gasteiger partial charge in [0, 0.05) is 18.2 Å². The summed E-state index contributed by atoms with van der Waals surface area (Å²) in [4.78, 5) is 10.3. The number of benzene rings is 1. The molecule has 2 N–H and O–H groups in total. The van der Waals surface area contributed by atoms with Crippen LogP contribution in [0.25, 0.3) is 0 Å². The highest BCUT2D eigenvalue weighted by atomic mass is 35.5. The molecule has 1 aromatic rings. The molecule has 5 nitrogen and oxygen atoms in total. The van der Waals surface area contributed by atoms with Crippen molar-refractivity contribution < 1.29 is 10.0 Å². The van der Waals surface area contributed by atoms with Gasteiger partial charge in [-0.2, -0.15) is 0 Å². The van der Waals surface area contributed by atoms with Gasteiger partial charge >= 0.3 is 0 Å². The van der Waals surface area contributed by atoms with E-state index in [4.69, 9.17) is 11.6 Å². The third kappa shape index (κ3) is 4.69. The lowest BCUT2D eigenvalue weighted by molar-refractivity contribution is -0.385. The van der Waals surface area contributed by atoms with E-state index in [2.05, 4.69) is 5.32 Å². The average Bonchev–Trinajstić information content (AvgIpc) is 2.28. The van der Waals surface area contributed by atoms with Crippen molar-refractivity contribution in [3.8, 4) is 0 Å². The minimum atomic E-state index is -0.443. The van der Waals surface area contributed by atoms with Gasteiger partial charge in [-0.3, -0.25) is 10.1 Å². The Morgan fingerprint density at radius 2 is 2.11 bits per heavy atom. The van der Waals surface area contributed by atoms with Crippen LogP contribution in [0.15, 0.2) is 12.1 Å². The van der Waals surface area contributed by atoms with Crippen LogP contribution in [-0.2, 0) is 0 Å². The van der Waals surface area contributed by atoms with Gasteiger partial charge in [-0.15, -0.1) is 0 Å². The van der Waals surface area contributed by atoms with Crippen LogP contribution in [0.3, 0.4) is 0 Å². The largest absolute Gasteiger partial charge is 0.393 e. The fraction of sp³-hybridized carbons (Fsp3) is 0.538. The number of nitro benzene ring substituents is 1. The number of rotatable bonds is 6. The molecule has 0 fully saturated rings. The van der Waals surface area contributed by atoms with Crippen LogP contribution in [0.4, 0.5) is 11.4 Å². The number of nitrogens with one attached hydrogen (secondary N) is 1. The predicted octanol–water partition coefficient (Wildman–Crippen LogP) is 3.38. The first-order chi connectivity index (χ1) is 8.81. The molecule has 6 heteroatoms. The summed E-state index contributed by atoms with van der Waals surface area (Å²) in [6, 6.07) is 3.04. The Balaban J connectivity index is 2.75. The lowest BCUT2D eigenvalue weighted by Crippen LogP contribution is -2.16. The second-order valence-corrected chi connectivity index (χ2v) is 5.35. The molecular formula is C13H19ClN2O3. The number of hydrogen-bond donors (Lipinski definition) is 2. The number of aliphatic hydroxyl groups is 1. The Hall–Kier alpha value is -1.33. The first-order valence-electron chi connectivity index (χ1n) is 6.17. The molecule has 0 heterocycles. The molecule has 0 spiro atoms. The molecule has 0 aliphatic carbocycles. The van der Waals surface area contributed by atoms with Crippen LogP contribution < -0.4 is 5.32 Å². The van der Waals surface area contributed by atoms with E-state index in [-0.39, 0.29) is 17.7 Å². The highest BCUT2D eigenvalue weighted by Crippen LogP contribution is 2.30. The highest BCUT2D eigenvalue weighted by Gasteiger charge is 2.15. The zero-order chi connectivity index (χ0) is 14.6. The van der Waals surface area contributed by atoms with Crippen molar-refractivity contribution in [2.75, 3.05) is 11.9 Å². The van der Waals surface area contributed by atoms with Crippen molar-refractivity contribution in [2.24, 2.45) is 5.92 Å². The zero-order valence-electron chi connectivity index (χ0n) is 11.3. The van der Waals surface area contributed by atoms with E-state index in [0.717, 1.165) is 0 Å². The minimum Gasteiger partial charge on any atom is -0.393 e. The van der Waals surface area contributed by atoms with Crippen molar-refractivity contribution in [2.45, 2.75) is 33.3 Å². The molecule has 0 saturated carbocycles. The normalized spacial score (nSPS) is 13.9. The lowest BCUT2D eigenvalue weighted by atomic mass is 10.0. The smallest absolute Gasteiger partial charge is 0.273 e. The van der Waals surface area contributed by atoms with Gasteiger partial charge in [0.15, 0.2) is 0 Å². The molecule has 0 radical (unpaired) electrons. The Labute approximate surface area is 117 Å². The number of aryl methyl sites for hydroxylation is 1. The maximum Gasteiger partial charge on any atom is 0.273 e. The van der Waals surface area contributed by atoms with Gasteiger partial charge in [-0.1, -0.05) is 18.5 Å². The molecule has 0 bridgehead atoms. The molecule has 0 saturated heterocycles. The quantitative estimate of drug-likeness (QED) is 0.621. The van der Waals surface area contributed by atoms with E-state index in [1.54, 1.807) is 19.9 Å². The highest BCUT2D eigenvalue weighted by molar-refractivity contribution is 6.33. The number of nitro groups is 1. The zero-order valence-corrected chi connectivity index (χ0v) is 12.1. The van der Waals surface area contributed by atoms with Crippen LogP contribution in [0.5, 0.6) is 0 Å². The number of aliphatic hydroxyl groups excluding tert-OH is 1. The Bertz CT molecular complexity index is 463. The lowest BCUT2D eigenvalue weighted by Gasteiger charge is -2.16. The van der Waals surface area contributed by atoms with E-state index in [0.29, 0.717) is 29.2 Å². The van der Waals surface area contributed by atoms with Crippen LogP contribution in [0.1, 0.15) is 25.8 Å². The van der Waals surface area contributed by atoms with E-state index in [1.165, 1.54) is 6.07 Å².